The minimum Gasteiger partial charge on any atom is -0.396 e. The molecule has 0 aliphatic carbocycles. The second-order valence-corrected chi connectivity index (χ2v) is 4.04. The third-order valence-corrected chi connectivity index (χ3v) is 2.28. The predicted molar refractivity (Wildman–Crippen MR) is 54.1 cm³/mol. The molecule has 12 heavy (non-hydrogen) atoms. The number of hydrogen-bond donors (Lipinski definition) is 1. The zero-order chi connectivity index (χ0) is 8.97. The molecule has 0 aliphatic heterocycles. The van der Waals surface area contributed by atoms with Crippen LogP contribution in [0.4, 0.5) is 0 Å². The van der Waals surface area contributed by atoms with Crippen molar-refractivity contribution < 1.29 is 5.11 Å². The standard InChI is InChI=1S/C10H13BrO/c1-8(7-12)5-9-3-2-4-10(11)6-9/h2-4,6,8,12H,5,7H2,1H3/t8-/m1/s1. The van der Waals surface area contributed by atoms with Crippen LogP contribution in [0.3, 0.4) is 0 Å². The Morgan fingerprint density at radius 1 is 1.50 bits per heavy atom. The van der Waals surface area contributed by atoms with Crippen molar-refractivity contribution in [1.29, 1.82) is 0 Å². The molecule has 1 nitrogen and oxygen atoms in total. The normalized spacial score (nSPS) is 12.9. The van der Waals surface area contributed by atoms with Gasteiger partial charge < -0.3 is 5.11 Å². The van der Waals surface area contributed by atoms with Gasteiger partial charge in [-0.1, -0.05) is 35.0 Å². The molecule has 1 aromatic rings. The molecule has 0 amide bonds. The summed E-state index contributed by atoms with van der Waals surface area (Å²) in [4.78, 5) is 0. The molecule has 1 N–H and O–H groups in total. The fourth-order valence-electron chi connectivity index (χ4n) is 1.13. The molecule has 0 heterocycles. The number of aliphatic hydroxyl groups is 1. The van der Waals surface area contributed by atoms with Crippen LogP contribution in [0.5, 0.6) is 0 Å². The lowest BCUT2D eigenvalue weighted by molar-refractivity contribution is 0.237. The van der Waals surface area contributed by atoms with Crippen molar-refractivity contribution in [2.24, 2.45) is 5.92 Å². The molecule has 0 bridgehead atoms. The van der Waals surface area contributed by atoms with Crippen LogP contribution in [-0.4, -0.2) is 11.7 Å². The monoisotopic (exact) mass is 228 g/mol. The van der Waals surface area contributed by atoms with E-state index in [9.17, 15) is 0 Å². The highest BCUT2D eigenvalue weighted by atomic mass is 79.9. The van der Waals surface area contributed by atoms with Gasteiger partial charge in [-0.15, -0.1) is 0 Å². The molecule has 0 radical (unpaired) electrons. The van der Waals surface area contributed by atoms with E-state index in [1.165, 1.54) is 5.56 Å². The van der Waals surface area contributed by atoms with Crippen molar-refractivity contribution in [3.8, 4) is 0 Å². The minimum absolute atomic E-state index is 0.256. The van der Waals surface area contributed by atoms with Gasteiger partial charge in [0.2, 0.25) is 0 Å². The lowest BCUT2D eigenvalue weighted by Gasteiger charge is -2.07. The Kier molecular flexibility index (Phi) is 3.76. The van der Waals surface area contributed by atoms with E-state index in [1.54, 1.807) is 0 Å². The van der Waals surface area contributed by atoms with Gasteiger partial charge in [0.15, 0.2) is 0 Å². The Hall–Kier alpha value is -0.340. The van der Waals surface area contributed by atoms with Gasteiger partial charge in [-0.3, -0.25) is 0 Å². The molecule has 0 saturated heterocycles. The maximum absolute atomic E-state index is 8.85. The molecule has 2 heteroatoms. The van der Waals surface area contributed by atoms with Crippen molar-refractivity contribution in [1.82, 2.24) is 0 Å². The second kappa shape index (κ2) is 4.63. The van der Waals surface area contributed by atoms with E-state index in [0.717, 1.165) is 10.9 Å². The third kappa shape index (κ3) is 2.95. The van der Waals surface area contributed by atoms with E-state index in [1.807, 2.05) is 19.1 Å². The van der Waals surface area contributed by atoms with Gasteiger partial charge in [0, 0.05) is 11.1 Å². The van der Waals surface area contributed by atoms with Crippen LogP contribution < -0.4 is 0 Å². The zero-order valence-corrected chi connectivity index (χ0v) is 8.71. The fraction of sp³-hybridized carbons (Fsp3) is 0.400. The quantitative estimate of drug-likeness (QED) is 0.844. The first kappa shape index (κ1) is 9.75. The van der Waals surface area contributed by atoms with Crippen LogP contribution in [0.25, 0.3) is 0 Å². The molecular weight excluding hydrogens is 216 g/mol. The van der Waals surface area contributed by atoms with E-state index in [2.05, 4.69) is 28.1 Å². The van der Waals surface area contributed by atoms with E-state index in [4.69, 9.17) is 5.11 Å². The molecule has 0 unspecified atom stereocenters. The van der Waals surface area contributed by atoms with E-state index in [0.29, 0.717) is 5.92 Å². The predicted octanol–water partition coefficient (Wildman–Crippen LogP) is 2.62. The Morgan fingerprint density at radius 3 is 2.83 bits per heavy atom. The summed E-state index contributed by atoms with van der Waals surface area (Å²) in [6.45, 7) is 2.30. The lowest BCUT2D eigenvalue weighted by Crippen LogP contribution is -2.04. The Balaban J connectivity index is 2.63. The number of halogens is 1. The summed E-state index contributed by atoms with van der Waals surface area (Å²) < 4.78 is 1.10. The number of hydrogen-bond acceptors (Lipinski definition) is 1. The highest BCUT2D eigenvalue weighted by molar-refractivity contribution is 9.10. The molecule has 0 fully saturated rings. The molecule has 0 saturated carbocycles. The van der Waals surface area contributed by atoms with Crippen LogP contribution in [0, 0.1) is 5.92 Å². The largest absolute Gasteiger partial charge is 0.396 e. The average Bonchev–Trinajstić information content (AvgIpc) is 2.04. The molecule has 0 aliphatic rings. The summed E-state index contributed by atoms with van der Waals surface area (Å²) in [6.07, 6.45) is 0.940. The van der Waals surface area contributed by atoms with Crippen LogP contribution in [0.2, 0.25) is 0 Å². The lowest BCUT2D eigenvalue weighted by atomic mass is 10.0. The summed E-state index contributed by atoms with van der Waals surface area (Å²) in [5.74, 6) is 0.347. The summed E-state index contributed by atoms with van der Waals surface area (Å²) in [7, 11) is 0. The maximum Gasteiger partial charge on any atom is 0.0459 e. The summed E-state index contributed by atoms with van der Waals surface area (Å²) >= 11 is 3.41. The highest BCUT2D eigenvalue weighted by Crippen LogP contribution is 2.14. The molecule has 0 aromatic heterocycles. The second-order valence-electron chi connectivity index (χ2n) is 3.12. The molecule has 1 rings (SSSR count). The van der Waals surface area contributed by atoms with Crippen molar-refractivity contribution in [2.75, 3.05) is 6.61 Å². The van der Waals surface area contributed by atoms with Crippen LogP contribution in [0.15, 0.2) is 28.7 Å². The molecule has 66 valence electrons. The van der Waals surface area contributed by atoms with E-state index >= 15 is 0 Å². The van der Waals surface area contributed by atoms with Crippen molar-refractivity contribution in [3.05, 3.63) is 34.3 Å². The van der Waals surface area contributed by atoms with Gasteiger partial charge in [0.25, 0.3) is 0 Å². The first-order valence-corrected chi connectivity index (χ1v) is 4.87. The Labute approximate surface area is 81.6 Å². The topological polar surface area (TPSA) is 20.2 Å². The van der Waals surface area contributed by atoms with Gasteiger partial charge in [-0.2, -0.15) is 0 Å². The number of aliphatic hydroxyl groups excluding tert-OH is 1. The fourth-order valence-corrected chi connectivity index (χ4v) is 1.58. The van der Waals surface area contributed by atoms with Crippen LogP contribution >= 0.6 is 15.9 Å². The Bertz CT molecular complexity index is 247. The number of benzene rings is 1. The van der Waals surface area contributed by atoms with E-state index < -0.39 is 0 Å². The summed E-state index contributed by atoms with van der Waals surface area (Å²) in [5, 5.41) is 8.85. The van der Waals surface area contributed by atoms with Crippen molar-refractivity contribution in [3.63, 3.8) is 0 Å². The van der Waals surface area contributed by atoms with Crippen molar-refractivity contribution in [2.45, 2.75) is 13.3 Å². The molecular formula is C10H13BrO. The van der Waals surface area contributed by atoms with Gasteiger partial charge in [-0.25, -0.2) is 0 Å². The van der Waals surface area contributed by atoms with Gasteiger partial charge in [-0.05, 0) is 30.0 Å². The van der Waals surface area contributed by atoms with Gasteiger partial charge >= 0.3 is 0 Å². The maximum atomic E-state index is 8.85. The van der Waals surface area contributed by atoms with Crippen molar-refractivity contribution >= 4 is 15.9 Å². The minimum atomic E-state index is 0.256. The number of rotatable bonds is 3. The average molecular weight is 229 g/mol. The highest BCUT2D eigenvalue weighted by Gasteiger charge is 2.01. The summed E-state index contributed by atoms with van der Waals surface area (Å²) in [6, 6.07) is 8.19. The third-order valence-electron chi connectivity index (χ3n) is 1.78. The van der Waals surface area contributed by atoms with E-state index in [-0.39, 0.29) is 6.61 Å². The van der Waals surface area contributed by atoms with Gasteiger partial charge in [0.1, 0.15) is 0 Å². The summed E-state index contributed by atoms with van der Waals surface area (Å²) in [5.41, 5.74) is 1.27. The van der Waals surface area contributed by atoms with Crippen LogP contribution in [0.1, 0.15) is 12.5 Å². The molecule has 0 spiro atoms. The van der Waals surface area contributed by atoms with Gasteiger partial charge in [0.05, 0.1) is 0 Å². The first-order chi connectivity index (χ1) is 5.72. The molecule has 1 atom stereocenters. The molecule has 1 aromatic carbocycles. The first-order valence-electron chi connectivity index (χ1n) is 4.07. The SMILES string of the molecule is C[C@@H](CO)Cc1cccc(Br)c1. The Morgan fingerprint density at radius 2 is 2.25 bits per heavy atom. The smallest absolute Gasteiger partial charge is 0.0459 e. The van der Waals surface area contributed by atoms with Crippen LogP contribution in [-0.2, 0) is 6.42 Å². The zero-order valence-electron chi connectivity index (χ0n) is 7.13.